The number of rotatable bonds is 36. The number of unbranched alkanes of at least 4 members (excludes halogenated alkanes) is 22. The van der Waals surface area contributed by atoms with Crippen LogP contribution in [-0.4, -0.2) is 98.9 Å². The van der Waals surface area contributed by atoms with Crippen molar-refractivity contribution in [2.45, 2.75) is 224 Å². The molecule has 1 rings (SSSR count). The lowest BCUT2D eigenvalue weighted by molar-refractivity contribution is -0.220. The molecule has 6 unspecified atom stereocenters. The van der Waals surface area contributed by atoms with Crippen molar-refractivity contribution in [1.82, 2.24) is 0 Å². The van der Waals surface area contributed by atoms with Crippen molar-refractivity contribution in [3.63, 3.8) is 0 Å². The fourth-order valence-corrected chi connectivity index (χ4v) is 7.62. The van der Waals surface area contributed by atoms with Crippen LogP contribution in [0.3, 0.4) is 0 Å². The minimum atomic E-state index is -5.01. The van der Waals surface area contributed by atoms with E-state index >= 15 is 0 Å². The van der Waals surface area contributed by atoms with Gasteiger partial charge in [0.1, 0.15) is 42.7 Å². The molecule has 54 heavy (non-hydrogen) atoms. The Morgan fingerprint density at radius 3 is 1.46 bits per heavy atom. The Labute approximate surface area is 327 Å². The second kappa shape index (κ2) is 33.1. The van der Waals surface area contributed by atoms with Crippen LogP contribution in [-0.2, 0) is 27.9 Å². The predicted molar refractivity (Wildman–Crippen MR) is 212 cm³/mol. The molecule has 1 saturated carbocycles. The molecule has 6 N–H and O–H groups in total. The maximum atomic E-state index is 12.8. The van der Waals surface area contributed by atoms with Crippen LogP contribution in [0, 0.1) is 0 Å². The van der Waals surface area contributed by atoms with Gasteiger partial charge in [0, 0.05) is 13.0 Å². The molecule has 0 aromatic rings. The molecule has 13 heteroatoms. The third-order valence-electron chi connectivity index (χ3n) is 10.1. The highest BCUT2D eigenvalue weighted by Crippen LogP contribution is 2.47. The van der Waals surface area contributed by atoms with Crippen LogP contribution in [0.15, 0.2) is 12.2 Å². The number of hydrogen-bond acceptors (Lipinski definition) is 11. The summed E-state index contributed by atoms with van der Waals surface area (Å²) in [6.45, 7) is 4.24. The Hall–Kier alpha value is -0.920. The fraction of sp³-hybridized carbons (Fsp3) is 0.927. The van der Waals surface area contributed by atoms with Crippen molar-refractivity contribution < 1.29 is 58.3 Å². The molecule has 0 amide bonds. The quantitative estimate of drug-likeness (QED) is 0.0155. The highest BCUT2D eigenvalue weighted by molar-refractivity contribution is 7.47. The number of aliphatic hydroxyl groups is 5. The molecule has 0 saturated heterocycles. The molecule has 0 heterocycles. The summed E-state index contributed by atoms with van der Waals surface area (Å²) in [4.78, 5) is 23.1. The van der Waals surface area contributed by atoms with Gasteiger partial charge in [0.05, 0.1) is 13.2 Å². The van der Waals surface area contributed by atoms with Crippen LogP contribution >= 0.6 is 7.82 Å². The SMILES string of the molecule is CCCCCCCC/C=C\CCCCCCCCCC(=O)OC(COCCCCCCCCCCCC)COP(=O)(O)OC1C(O)C(O)C(O)C(O)C1O. The van der Waals surface area contributed by atoms with Gasteiger partial charge in [0.25, 0.3) is 0 Å². The van der Waals surface area contributed by atoms with E-state index in [1.807, 2.05) is 0 Å². The molecule has 0 bridgehead atoms. The third kappa shape index (κ3) is 25.4. The highest BCUT2D eigenvalue weighted by atomic mass is 31.2. The molecule has 1 aliphatic carbocycles. The normalized spacial score (nSPS) is 23.5. The Kier molecular flexibility index (Phi) is 31.3. The summed E-state index contributed by atoms with van der Waals surface area (Å²) in [6, 6.07) is 0. The molecule has 0 spiro atoms. The number of phosphoric acid groups is 1. The number of allylic oxidation sites excluding steroid dienone is 2. The van der Waals surface area contributed by atoms with E-state index in [1.54, 1.807) is 0 Å². The van der Waals surface area contributed by atoms with Crippen molar-refractivity contribution in [3.8, 4) is 0 Å². The minimum Gasteiger partial charge on any atom is -0.457 e. The summed E-state index contributed by atoms with van der Waals surface area (Å²) in [6.07, 6.45) is 21.4. The Bertz CT molecular complexity index is 952. The van der Waals surface area contributed by atoms with E-state index < -0.39 is 63.1 Å². The Morgan fingerprint density at radius 1 is 0.574 bits per heavy atom. The molecule has 1 fully saturated rings. The van der Waals surface area contributed by atoms with Gasteiger partial charge in [-0.1, -0.05) is 148 Å². The first-order valence-corrected chi connectivity index (χ1v) is 23.0. The zero-order valence-corrected chi connectivity index (χ0v) is 34.7. The number of ether oxygens (including phenoxy) is 2. The van der Waals surface area contributed by atoms with Gasteiger partial charge in [-0.15, -0.1) is 0 Å². The molecule has 320 valence electrons. The molecule has 0 radical (unpaired) electrons. The summed E-state index contributed by atoms with van der Waals surface area (Å²) in [5.74, 6) is -0.481. The average Bonchev–Trinajstić information content (AvgIpc) is 3.15. The van der Waals surface area contributed by atoms with Crippen LogP contribution in [0.1, 0.15) is 181 Å². The lowest BCUT2D eigenvalue weighted by atomic mass is 9.85. The molecule has 1 aliphatic rings. The molecule has 0 aromatic carbocycles. The van der Waals surface area contributed by atoms with E-state index in [1.165, 1.54) is 109 Å². The van der Waals surface area contributed by atoms with E-state index in [0.717, 1.165) is 44.9 Å². The molecular weight excluding hydrogens is 715 g/mol. The molecular formula is C41H79O12P. The molecule has 12 nitrogen and oxygen atoms in total. The van der Waals surface area contributed by atoms with Gasteiger partial charge < -0.3 is 39.9 Å². The largest absolute Gasteiger partial charge is 0.472 e. The van der Waals surface area contributed by atoms with Crippen LogP contribution in [0.2, 0.25) is 0 Å². The second-order valence-electron chi connectivity index (χ2n) is 15.2. The zero-order valence-electron chi connectivity index (χ0n) is 33.8. The number of esters is 1. The first-order valence-electron chi connectivity index (χ1n) is 21.5. The third-order valence-corrected chi connectivity index (χ3v) is 11.1. The van der Waals surface area contributed by atoms with Crippen LogP contribution in [0.5, 0.6) is 0 Å². The number of phosphoric ester groups is 1. The van der Waals surface area contributed by atoms with Crippen LogP contribution in [0.4, 0.5) is 0 Å². The summed E-state index contributed by atoms with van der Waals surface area (Å²) in [5, 5.41) is 50.0. The first-order chi connectivity index (χ1) is 26.0. The lowest BCUT2D eigenvalue weighted by Gasteiger charge is -2.41. The van der Waals surface area contributed by atoms with Gasteiger partial charge in [-0.3, -0.25) is 13.8 Å². The first kappa shape index (κ1) is 51.1. The van der Waals surface area contributed by atoms with Crippen molar-refractivity contribution >= 4 is 13.8 Å². The molecule has 0 aromatic heterocycles. The molecule has 0 aliphatic heterocycles. The van der Waals surface area contributed by atoms with Gasteiger partial charge in [0.2, 0.25) is 0 Å². The van der Waals surface area contributed by atoms with Crippen molar-refractivity contribution in [1.29, 1.82) is 0 Å². The van der Waals surface area contributed by atoms with E-state index in [2.05, 4.69) is 26.0 Å². The van der Waals surface area contributed by atoms with Gasteiger partial charge in [-0.25, -0.2) is 4.57 Å². The van der Waals surface area contributed by atoms with Crippen molar-refractivity contribution in [2.75, 3.05) is 19.8 Å². The summed E-state index contributed by atoms with van der Waals surface area (Å²) in [7, 11) is -5.01. The number of hydrogen-bond donors (Lipinski definition) is 6. The lowest BCUT2D eigenvalue weighted by Crippen LogP contribution is -2.64. The highest BCUT2D eigenvalue weighted by Gasteiger charge is 2.51. The monoisotopic (exact) mass is 795 g/mol. The van der Waals surface area contributed by atoms with Gasteiger partial charge in [-0.2, -0.15) is 0 Å². The van der Waals surface area contributed by atoms with Crippen LogP contribution < -0.4 is 0 Å². The van der Waals surface area contributed by atoms with Gasteiger partial charge in [-0.05, 0) is 38.5 Å². The maximum Gasteiger partial charge on any atom is 0.472 e. The summed E-state index contributed by atoms with van der Waals surface area (Å²) in [5.41, 5.74) is 0. The van der Waals surface area contributed by atoms with Gasteiger partial charge in [0.15, 0.2) is 0 Å². The maximum absolute atomic E-state index is 12.8. The van der Waals surface area contributed by atoms with E-state index in [-0.39, 0.29) is 13.0 Å². The van der Waals surface area contributed by atoms with Gasteiger partial charge >= 0.3 is 13.8 Å². The fourth-order valence-electron chi connectivity index (χ4n) is 6.64. The zero-order chi connectivity index (χ0) is 39.9. The number of carbonyl (C=O) groups is 1. The standard InChI is InChI=1S/C41H79O12P/c1-3-5-7-9-11-13-15-16-17-18-19-20-21-22-24-26-28-30-35(42)52-34(32-50-31-29-27-25-23-14-12-10-8-6-4-2)33-51-54(48,49)53-41-39(46)37(44)36(43)38(45)40(41)47/h16-17,34,36-41,43-47H,3-15,18-33H2,1-2H3,(H,48,49)/b17-16-. The summed E-state index contributed by atoms with van der Waals surface area (Å²) >= 11 is 0. The van der Waals surface area contributed by atoms with E-state index in [0.29, 0.717) is 13.0 Å². The van der Waals surface area contributed by atoms with Crippen molar-refractivity contribution in [3.05, 3.63) is 12.2 Å². The number of aliphatic hydroxyl groups excluding tert-OH is 5. The average molecular weight is 795 g/mol. The summed E-state index contributed by atoms with van der Waals surface area (Å²) < 4.78 is 34.0. The van der Waals surface area contributed by atoms with Crippen molar-refractivity contribution in [2.24, 2.45) is 0 Å². The Morgan fingerprint density at radius 2 is 0.981 bits per heavy atom. The minimum absolute atomic E-state index is 0.0737. The molecule has 6 atom stereocenters. The predicted octanol–water partition coefficient (Wildman–Crippen LogP) is 7.97. The van der Waals surface area contributed by atoms with Crippen LogP contribution in [0.25, 0.3) is 0 Å². The van der Waals surface area contributed by atoms with E-state index in [4.69, 9.17) is 18.5 Å². The second-order valence-corrected chi connectivity index (χ2v) is 16.6. The Balaban J connectivity index is 2.40. The number of carbonyl (C=O) groups excluding carboxylic acids is 1. The van der Waals surface area contributed by atoms with E-state index in [9.17, 15) is 39.8 Å². The smallest absolute Gasteiger partial charge is 0.457 e. The topological polar surface area (TPSA) is 192 Å².